The number of rotatable bonds is 3. The lowest BCUT2D eigenvalue weighted by atomic mass is 10.2. The predicted molar refractivity (Wildman–Crippen MR) is 69.4 cm³/mol. The van der Waals surface area contributed by atoms with Gasteiger partial charge in [0.2, 0.25) is 0 Å². The van der Waals surface area contributed by atoms with Crippen molar-refractivity contribution in [2.45, 2.75) is 13.3 Å². The minimum Gasteiger partial charge on any atom is -0.341 e. The molecule has 3 aromatic rings. The van der Waals surface area contributed by atoms with Gasteiger partial charge >= 0.3 is 0 Å². The van der Waals surface area contributed by atoms with Gasteiger partial charge in [-0.05, 0) is 36.2 Å². The van der Waals surface area contributed by atoms with Crippen molar-refractivity contribution in [3.63, 3.8) is 0 Å². The summed E-state index contributed by atoms with van der Waals surface area (Å²) < 4.78 is 0. The minimum absolute atomic E-state index is 0.729. The van der Waals surface area contributed by atoms with Gasteiger partial charge in [0.25, 0.3) is 0 Å². The molecule has 0 radical (unpaired) electrons. The highest BCUT2D eigenvalue weighted by atomic mass is 16.7. The van der Waals surface area contributed by atoms with Gasteiger partial charge < -0.3 is 4.84 Å². The van der Waals surface area contributed by atoms with Crippen LogP contribution < -0.4 is 4.84 Å². The fourth-order valence-electron chi connectivity index (χ4n) is 1.76. The molecule has 4 heteroatoms. The quantitative estimate of drug-likeness (QED) is 0.705. The van der Waals surface area contributed by atoms with E-state index in [1.807, 2.05) is 48.5 Å². The Morgan fingerprint density at radius 3 is 2.11 bits per heavy atom. The van der Waals surface area contributed by atoms with Crippen LogP contribution in [0, 0.1) is 0 Å². The average molecular weight is 239 g/mol. The van der Waals surface area contributed by atoms with Crippen LogP contribution in [0.2, 0.25) is 0 Å². The van der Waals surface area contributed by atoms with Gasteiger partial charge in [-0.3, -0.25) is 0 Å². The van der Waals surface area contributed by atoms with Crippen LogP contribution in [-0.4, -0.2) is 15.2 Å². The van der Waals surface area contributed by atoms with Crippen LogP contribution in [0.3, 0.4) is 0 Å². The minimum atomic E-state index is 0.729. The maximum absolute atomic E-state index is 5.56. The smallest absolute Gasteiger partial charge is 0.159 e. The maximum atomic E-state index is 5.56. The van der Waals surface area contributed by atoms with E-state index in [1.54, 1.807) is 0 Å². The SMILES string of the molecule is CCc1ccc(On2nc3ccccc3n2)cc1. The zero-order valence-electron chi connectivity index (χ0n) is 10.1. The van der Waals surface area contributed by atoms with Crippen molar-refractivity contribution in [3.05, 3.63) is 54.1 Å². The highest BCUT2D eigenvalue weighted by molar-refractivity contribution is 5.72. The first-order valence-electron chi connectivity index (χ1n) is 5.94. The van der Waals surface area contributed by atoms with Crippen LogP contribution in [-0.2, 0) is 6.42 Å². The predicted octanol–water partition coefficient (Wildman–Crippen LogP) is 2.84. The molecule has 0 unspecified atom stereocenters. The number of hydrogen-bond donors (Lipinski definition) is 0. The monoisotopic (exact) mass is 239 g/mol. The van der Waals surface area contributed by atoms with E-state index in [9.17, 15) is 0 Å². The van der Waals surface area contributed by atoms with Crippen molar-refractivity contribution in [2.75, 3.05) is 0 Å². The molecule has 90 valence electrons. The Morgan fingerprint density at radius 1 is 0.944 bits per heavy atom. The van der Waals surface area contributed by atoms with Gasteiger partial charge in [0.05, 0.1) is 0 Å². The summed E-state index contributed by atoms with van der Waals surface area (Å²) in [7, 11) is 0. The third-order valence-electron chi connectivity index (χ3n) is 2.79. The Kier molecular flexibility index (Phi) is 2.68. The molecule has 0 fully saturated rings. The van der Waals surface area contributed by atoms with Crippen molar-refractivity contribution in [3.8, 4) is 5.75 Å². The maximum Gasteiger partial charge on any atom is 0.159 e. The van der Waals surface area contributed by atoms with E-state index in [0.717, 1.165) is 23.2 Å². The molecule has 0 N–H and O–H groups in total. The van der Waals surface area contributed by atoms with E-state index in [1.165, 1.54) is 10.5 Å². The normalized spacial score (nSPS) is 10.7. The molecule has 0 saturated carbocycles. The molecule has 0 aliphatic carbocycles. The van der Waals surface area contributed by atoms with Crippen molar-refractivity contribution >= 4 is 11.0 Å². The second-order valence-corrected chi connectivity index (χ2v) is 4.03. The second-order valence-electron chi connectivity index (χ2n) is 4.03. The molecule has 0 bridgehead atoms. The Bertz CT molecular complexity index is 625. The molecule has 0 spiro atoms. The van der Waals surface area contributed by atoms with Crippen LogP contribution in [0.15, 0.2) is 48.5 Å². The van der Waals surface area contributed by atoms with Gasteiger partial charge in [-0.25, -0.2) is 0 Å². The van der Waals surface area contributed by atoms with Gasteiger partial charge in [0, 0.05) is 4.96 Å². The van der Waals surface area contributed by atoms with Gasteiger partial charge in [-0.15, -0.1) is 10.2 Å². The Balaban J connectivity index is 1.86. The Morgan fingerprint density at radius 2 is 1.56 bits per heavy atom. The topological polar surface area (TPSA) is 39.9 Å². The number of hydrogen-bond acceptors (Lipinski definition) is 3. The molecule has 1 heterocycles. The summed E-state index contributed by atoms with van der Waals surface area (Å²) in [5, 5.41) is 8.47. The fourth-order valence-corrected chi connectivity index (χ4v) is 1.76. The molecule has 0 atom stereocenters. The first-order chi connectivity index (χ1) is 8.85. The number of aromatic nitrogens is 3. The highest BCUT2D eigenvalue weighted by Crippen LogP contribution is 2.14. The lowest BCUT2D eigenvalue weighted by molar-refractivity contribution is 0.144. The van der Waals surface area contributed by atoms with E-state index in [4.69, 9.17) is 4.84 Å². The number of fused-ring (bicyclic) bond motifs is 1. The van der Waals surface area contributed by atoms with E-state index < -0.39 is 0 Å². The summed E-state index contributed by atoms with van der Waals surface area (Å²) in [6, 6.07) is 15.6. The largest absolute Gasteiger partial charge is 0.341 e. The standard InChI is InChI=1S/C14H13N3O/c1-2-11-7-9-12(10-8-11)18-17-15-13-5-3-4-6-14(13)16-17/h3-10H,2H2,1H3. The fraction of sp³-hybridized carbons (Fsp3) is 0.143. The molecule has 18 heavy (non-hydrogen) atoms. The summed E-state index contributed by atoms with van der Waals surface area (Å²) in [4.78, 5) is 6.81. The molecular weight excluding hydrogens is 226 g/mol. The van der Waals surface area contributed by atoms with Gasteiger partial charge in [-0.2, -0.15) is 0 Å². The van der Waals surface area contributed by atoms with Gasteiger partial charge in [0.15, 0.2) is 5.75 Å². The summed E-state index contributed by atoms with van der Waals surface area (Å²) in [6.07, 6.45) is 1.02. The van der Waals surface area contributed by atoms with E-state index in [2.05, 4.69) is 17.1 Å². The molecule has 0 amide bonds. The van der Waals surface area contributed by atoms with Crippen molar-refractivity contribution in [2.24, 2.45) is 0 Å². The average Bonchev–Trinajstić information content (AvgIpc) is 2.82. The molecule has 4 nitrogen and oxygen atoms in total. The van der Waals surface area contributed by atoms with E-state index in [0.29, 0.717) is 0 Å². The molecule has 0 saturated heterocycles. The zero-order valence-corrected chi connectivity index (χ0v) is 10.1. The van der Waals surface area contributed by atoms with Crippen molar-refractivity contribution < 1.29 is 4.84 Å². The summed E-state index contributed by atoms with van der Waals surface area (Å²) in [5.41, 5.74) is 2.92. The summed E-state index contributed by atoms with van der Waals surface area (Å²) in [5.74, 6) is 0.729. The molecule has 2 aromatic carbocycles. The first-order valence-corrected chi connectivity index (χ1v) is 5.94. The van der Waals surface area contributed by atoms with Crippen LogP contribution >= 0.6 is 0 Å². The van der Waals surface area contributed by atoms with E-state index in [-0.39, 0.29) is 0 Å². The van der Waals surface area contributed by atoms with Gasteiger partial charge in [-0.1, -0.05) is 31.2 Å². The van der Waals surface area contributed by atoms with Crippen molar-refractivity contribution in [1.29, 1.82) is 0 Å². The van der Waals surface area contributed by atoms with Crippen LogP contribution in [0.1, 0.15) is 12.5 Å². The van der Waals surface area contributed by atoms with Crippen molar-refractivity contribution in [1.82, 2.24) is 15.2 Å². The lowest BCUT2D eigenvalue weighted by Gasteiger charge is -2.02. The van der Waals surface area contributed by atoms with Crippen LogP contribution in [0.4, 0.5) is 0 Å². The molecule has 0 aliphatic heterocycles. The molecular formula is C14H13N3O. The highest BCUT2D eigenvalue weighted by Gasteiger charge is 2.02. The summed E-state index contributed by atoms with van der Waals surface area (Å²) in [6.45, 7) is 2.12. The first kappa shape index (κ1) is 10.8. The summed E-state index contributed by atoms with van der Waals surface area (Å²) >= 11 is 0. The Labute approximate surface area is 105 Å². The number of benzene rings is 2. The zero-order chi connectivity index (χ0) is 12.4. The second kappa shape index (κ2) is 4.49. The molecule has 1 aromatic heterocycles. The van der Waals surface area contributed by atoms with Gasteiger partial charge in [0.1, 0.15) is 11.0 Å². The number of aryl methyl sites for hydroxylation is 1. The third-order valence-corrected chi connectivity index (χ3v) is 2.79. The number of nitrogens with zero attached hydrogens (tertiary/aromatic N) is 3. The lowest BCUT2D eigenvalue weighted by Crippen LogP contribution is -2.08. The van der Waals surface area contributed by atoms with E-state index >= 15 is 0 Å². The van der Waals surface area contributed by atoms with Crippen LogP contribution in [0.5, 0.6) is 5.75 Å². The van der Waals surface area contributed by atoms with Crippen LogP contribution in [0.25, 0.3) is 11.0 Å². The molecule has 0 aliphatic rings. The Hall–Kier alpha value is -2.36. The third kappa shape index (κ3) is 2.05. The molecule has 3 rings (SSSR count).